The fourth-order valence-electron chi connectivity index (χ4n) is 3.55. The fourth-order valence-corrected chi connectivity index (χ4v) is 3.55. The first kappa shape index (κ1) is 16.1. The molecule has 0 saturated carbocycles. The lowest BCUT2D eigenvalue weighted by Crippen LogP contribution is -2.43. The zero-order valence-corrected chi connectivity index (χ0v) is 14.0. The number of likely N-dealkylation sites (tertiary alicyclic amines) is 2. The lowest BCUT2D eigenvalue weighted by Gasteiger charge is -2.33. The lowest BCUT2D eigenvalue weighted by atomic mass is 9.96. The number of benzene rings is 1. The van der Waals surface area contributed by atoms with Crippen LogP contribution in [0, 0.1) is 5.92 Å². The average Bonchev–Trinajstić information content (AvgIpc) is 3.08. The van der Waals surface area contributed by atoms with E-state index in [9.17, 15) is 4.79 Å². The summed E-state index contributed by atoms with van der Waals surface area (Å²) in [6, 6.07) is 7.49. The van der Waals surface area contributed by atoms with E-state index >= 15 is 0 Å². The number of methoxy groups -OCH3 is 1. The number of nitrogens with zero attached hydrogens (tertiary/aromatic N) is 2. The fraction of sp³-hybridized carbons (Fsp3) is 0.611. The van der Waals surface area contributed by atoms with Gasteiger partial charge in [-0.05, 0) is 56.8 Å². The maximum absolute atomic E-state index is 12.4. The van der Waals surface area contributed by atoms with Gasteiger partial charge in [0.15, 0.2) is 0 Å². The molecule has 0 bridgehead atoms. The number of anilines is 1. The van der Waals surface area contributed by atoms with Crippen LogP contribution in [-0.2, 0) is 0 Å². The highest BCUT2D eigenvalue weighted by atomic mass is 16.5. The summed E-state index contributed by atoms with van der Waals surface area (Å²) in [4.78, 5) is 16.9. The van der Waals surface area contributed by atoms with Gasteiger partial charge in [0.05, 0.1) is 7.11 Å². The number of ether oxygens (including phenoxy) is 1. The standard InChI is InChI=1S/C18H27N3O2/c1-23-17-6-4-5-16(13-17)19-18(22)21-11-7-15(8-12-21)14-20-9-2-3-10-20/h4-6,13,15H,2-3,7-12,14H2,1H3,(H,19,22). The first-order valence-corrected chi connectivity index (χ1v) is 8.67. The molecule has 2 aliphatic rings. The number of rotatable bonds is 4. The summed E-state index contributed by atoms with van der Waals surface area (Å²) < 4.78 is 5.19. The molecule has 23 heavy (non-hydrogen) atoms. The number of hydrogen-bond acceptors (Lipinski definition) is 3. The monoisotopic (exact) mass is 317 g/mol. The molecule has 1 aromatic carbocycles. The number of nitrogens with one attached hydrogen (secondary N) is 1. The van der Waals surface area contributed by atoms with Crippen LogP contribution in [0.1, 0.15) is 25.7 Å². The van der Waals surface area contributed by atoms with Gasteiger partial charge < -0.3 is 19.9 Å². The van der Waals surface area contributed by atoms with Crippen LogP contribution in [0.3, 0.4) is 0 Å². The van der Waals surface area contributed by atoms with Crippen molar-refractivity contribution in [1.82, 2.24) is 9.80 Å². The van der Waals surface area contributed by atoms with Crippen LogP contribution in [0.4, 0.5) is 10.5 Å². The lowest BCUT2D eigenvalue weighted by molar-refractivity contribution is 0.163. The van der Waals surface area contributed by atoms with Crippen molar-refractivity contribution in [1.29, 1.82) is 0 Å². The number of carbonyl (C=O) groups excluding carboxylic acids is 1. The number of amides is 2. The van der Waals surface area contributed by atoms with Gasteiger partial charge in [0.1, 0.15) is 5.75 Å². The molecular weight excluding hydrogens is 290 g/mol. The third-order valence-electron chi connectivity index (χ3n) is 4.94. The Labute approximate surface area is 138 Å². The van der Waals surface area contributed by atoms with Gasteiger partial charge in [0.25, 0.3) is 0 Å². The molecule has 1 N–H and O–H groups in total. The van der Waals surface area contributed by atoms with Crippen LogP contribution in [0.2, 0.25) is 0 Å². The quantitative estimate of drug-likeness (QED) is 0.928. The minimum atomic E-state index is -0.00197. The molecular formula is C18H27N3O2. The molecule has 0 aliphatic carbocycles. The third-order valence-corrected chi connectivity index (χ3v) is 4.94. The van der Waals surface area contributed by atoms with E-state index in [1.165, 1.54) is 32.5 Å². The Bertz CT molecular complexity index is 521. The normalized spacial score (nSPS) is 19.8. The topological polar surface area (TPSA) is 44.8 Å². The van der Waals surface area contributed by atoms with Crippen molar-refractivity contribution < 1.29 is 9.53 Å². The molecule has 0 spiro atoms. The van der Waals surface area contributed by atoms with Gasteiger partial charge in [0, 0.05) is 31.4 Å². The molecule has 5 heteroatoms. The second-order valence-corrected chi connectivity index (χ2v) is 6.60. The predicted molar refractivity (Wildman–Crippen MR) is 92.0 cm³/mol. The maximum atomic E-state index is 12.4. The number of hydrogen-bond donors (Lipinski definition) is 1. The summed E-state index contributed by atoms with van der Waals surface area (Å²) in [7, 11) is 1.63. The third kappa shape index (κ3) is 4.38. The Morgan fingerprint density at radius 2 is 1.96 bits per heavy atom. The highest BCUT2D eigenvalue weighted by Gasteiger charge is 2.25. The van der Waals surface area contributed by atoms with E-state index in [2.05, 4.69) is 10.2 Å². The van der Waals surface area contributed by atoms with Gasteiger partial charge in [-0.25, -0.2) is 4.79 Å². The van der Waals surface area contributed by atoms with Crippen LogP contribution in [-0.4, -0.2) is 55.7 Å². The molecule has 3 rings (SSSR count). The summed E-state index contributed by atoms with van der Waals surface area (Å²) in [6.45, 7) is 5.45. The summed E-state index contributed by atoms with van der Waals surface area (Å²) in [6.07, 6.45) is 4.92. The first-order chi connectivity index (χ1) is 11.2. The Kier molecular flexibility index (Phi) is 5.39. The highest BCUT2D eigenvalue weighted by Crippen LogP contribution is 2.22. The second-order valence-electron chi connectivity index (χ2n) is 6.60. The number of piperidine rings is 1. The van der Waals surface area contributed by atoms with Gasteiger partial charge in [-0.3, -0.25) is 0 Å². The van der Waals surface area contributed by atoms with Crippen molar-refractivity contribution in [3.63, 3.8) is 0 Å². The van der Waals surface area contributed by atoms with E-state index in [0.717, 1.165) is 43.3 Å². The largest absolute Gasteiger partial charge is 0.497 e. The van der Waals surface area contributed by atoms with Gasteiger partial charge >= 0.3 is 6.03 Å². The maximum Gasteiger partial charge on any atom is 0.321 e. The molecule has 0 atom stereocenters. The van der Waals surface area contributed by atoms with Crippen LogP contribution in [0.25, 0.3) is 0 Å². The van der Waals surface area contributed by atoms with Crippen molar-refractivity contribution in [2.24, 2.45) is 5.92 Å². The minimum Gasteiger partial charge on any atom is -0.497 e. The molecule has 2 aliphatic heterocycles. The summed E-state index contributed by atoms with van der Waals surface area (Å²) in [5, 5.41) is 2.97. The van der Waals surface area contributed by atoms with Gasteiger partial charge in [0.2, 0.25) is 0 Å². The molecule has 2 heterocycles. The van der Waals surface area contributed by atoms with Crippen LogP contribution in [0.5, 0.6) is 5.75 Å². The SMILES string of the molecule is COc1cccc(NC(=O)N2CCC(CN3CCCC3)CC2)c1. The van der Waals surface area contributed by atoms with E-state index in [0.29, 0.717) is 0 Å². The van der Waals surface area contributed by atoms with E-state index in [1.54, 1.807) is 7.11 Å². The Morgan fingerprint density at radius 1 is 1.22 bits per heavy atom. The van der Waals surface area contributed by atoms with E-state index < -0.39 is 0 Å². The molecule has 5 nitrogen and oxygen atoms in total. The van der Waals surface area contributed by atoms with Crippen molar-refractivity contribution >= 4 is 11.7 Å². The number of carbonyl (C=O) groups is 1. The zero-order chi connectivity index (χ0) is 16.1. The van der Waals surface area contributed by atoms with Gasteiger partial charge in [-0.15, -0.1) is 0 Å². The van der Waals surface area contributed by atoms with Gasteiger partial charge in [-0.1, -0.05) is 6.07 Å². The molecule has 0 unspecified atom stereocenters. The minimum absolute atomic E-state index is 0.00197. The molecule has 126 valence electrons. The smallest absolute Gasteiger partial charge is 0.321 e. The molecule has 2 fully saturated rings. The van der Waals surface area contributed by atoms with Crippen LogP contribution >= 0.6 is 0 Å². The van der Waals surface area contributed by atoms with Crippen molar-refractivity contribution in [2.75, 3.05) is 45.2 Å². The summed E-state index contributed by atoms with van der Waals surface area (Å²) in [5.74, 6) is 1.50. The van der Waals surface area contributed by atoms with E-state index in [4.69, 9.17) is 4.74 Å². The van der Waals surface area contributed by atoms with E-state index in [-0.39, 0.29) is 6.03 Å². The molecule has 1 aromatic rings. The summed E-state index contributed by atoms with van der Waals surface area (Å²) in [5.41, 5.74) is 0.786. The van der Waals surface area contributed by atoms with Crippen molar-refractivity contribution in [2.45, 2.75) is 25.7 Å². The first-order valence-electron chi connectivity index (χ1n) is 8.67. The van der Waals surface area contributed by atoms with Gasteiger partial charge in [-0.2, -0.15) is 0 Å². The number of urea groups is 1. The Hall–Kier alpha value is -1.75. The van der Waals surface area contributed by atoms with Crippen LogP contribution < -0.4 is 10.1 Å². The second kappa shape index (κ2) is 7.68. The van der Waals surface area contributed by atoms with E-state index in [1.807, 2.05) is 29.2 Å². The Balaban J connectivity index is 1.45. The molecule has 0 radical (unpaired) electrons. The van der Waals surface area contributed by atoms with Crippen LogP contribution in [0.15, 0.2) is 24.3 Å². The van der Waals surface area contributed by atoms with Crippen molar-refractivity contribution in [3.05, 3.63) is 24.3 Å². The zero-order valence-electron chi connectivity index (χ0n) is 14.0. The predicted octanol–water partition coefficient (Wildman–Crippen LogP) is 3.03. The molecule has 2 saturated heterocycles. The molecule has 2 amide bonds. The van der Waals surface area contributed by atoms with Crippen molar-refractivity contribution in [3.8, 4) is 5.75 Å². The highest BCUT2D eigenvalue weighted by molar-refractivity contribution is 5.89. The average molecular weight is 317 g/mol. The summed E-state index contributed by atoms with van der Waals surface area (Å²) >= 11 is 0. The molecule has 0 aromatic heterocycles. The Morgan fingerprint density at radius 3 is 2.65 bits per heavy atom.